The van der Waals surface area contributed by atoms with Gasteiger partial charge in [-0.1, -0.05) is 12.1 Å². The third-order valence-electron chi connectivity index (χ3n) is 2.57. The molecular weight excluding hydrogens is 228 g/mol. The van der Waals surface area contributed by atoms with E-state index in [1.807, 2.05) is 31.2 Å². The second-order valence-corrected chi connectivity index (χ2v) is 3.98. The van der Waals surface area contributed by atoms with Gasteiger partial charge >= 0.3 is 0 Å². The number of rotatable bonds is 4. The highest BCUT2D eigenvalue weighted by molar-refractivity contribution is 5.35. The van der Waals surface area contributed by atoms with Gasteiger partial charge in [0.2, 0.25) is 0 Å². The number of hydrogen-bond donors (Lipinski definition) is 2. The quantitative estimate of drug-likeness (QED) is 0.632. The molecule has 5 heteroatoms. The number of benzene rings is 1. The lowest BCUT2D eigenvalue weighted by atomic mass is 10.1. The van der Waals surface area contributed by atoms with Crippen LogP contribution in [0.4, 0.5) is 5.82 Å². The molecule has 18 heavy (non-hydrogen) atoms. The van der Waals surface area contributed by atoms with Gasteiger partial charge in [-0.25, -0.2) is 15.8 Å². The highest BCUT2D eigenvalue weighted by Gasteiger charge is 2.03. The van der Waals surface area contributed by atoms with Crippen LogP contribution >= 0.6 is 0 Å². The van der Waals surface area contributed by atoms with E-state index in [1.165, 1.54) is 0 Å². The lowest BCUT2D eigenvalue weighted by Gasteiger charge is -2.06. The first-order valence-electron chi connectivity index (χ1n) is 5.65. The van der Waals surface area contributed by atoms with Gasteiger partial charge in [-0.3, -0.25) is 0 Å². The monoisotopic (exact) mass is 244 g/mol. The third kappa shape index (κ3) is 2.95. The predicted molar refractivity (Wildman–Crippen MR) is 70.4 cm³/mol. The fraction of sp³-hybridized carbons (Fsp3) is 0.231. The van der Waals surface area contributed by atoms with Crippen LogP contribution in [0.1, 0.15) is 17.1 Å². The first-order chi connectivity index (χ1) is 8.71. The Bertz CT molecular complexity index is 525. The molecule has 0 amide bonds. The van der Waals surface area contributed by atoms with Crippen molar-refractivity contribution in [3.63, 3.8) is 0 Å². The smallest absolute Gasteiger partial charge is 0.143 e. The summed E-state index contributed by atoms with van der Waals surface area (Å²) in [6.45, 7) is 1.92. The number of nitrogen functional groups attached to an aromatic ring is 1. The molecule has 2 aromatic rings. The maximum atomic E-state index is 5.36. The van der Waals surface area contributed by atoms with Gasteiger partial charge in [0.25, 0.3) is 0 Å². The van der Waals surface area contributed by atoms with E-state index >= 15 is 0 Å². The number of hydrogen-bond acceptors (Lipinski definition) is 5. The molecule has 2 rings (SSSR count). The minimum absolute atomic E-state index is 0.631. The Morgan fingerprint density at radius 1 is 1.22 bits per heavy atom. The zero-order chi connectivity index (χ0) is 13.0. The van der Waals surface area contributed by atoms with Gasteiger partial charge in [0.1, 0.15) is 17.4 Å². The molecule has 5 nitrogen and oxygen atoms in total. The number of methoxy groups -OCH3 is 1. The molecule has 1 heterocycles. The Morgan fingerprint density at radius 3 is 2.56 bits per heavy atom. The number of anilines is 1. The summed E-state index contributed by atoms with van der Waals surface area (Å²) < 4.78 is 5.12. The Labute approximate surface area is 106 Å². The molecule has 3 N–H and O–H groups in total. The summed E-state index contributed by atoms with van der Waals surface area (Å²) in [5.74, 6) is 7.58. The standard InChI is InChI=1S/C13H16N4O/c1-9-7-13(17-14)16-12(15-9)8-10-3-5-11(18-2)6-4-10/h3-7H,8,14H2,1-2H3,(H,15,16,17). The SMILES string of the molecule is COc1ccc(Cc2nc(C)cc(NN)n2)cc1. The molecule has 0 fully saturated rings. The number of hydrazine groups is 1. The van der Waals surface area contributed by atoms with Crippen molar-refractivity contribution in [2.75, 3.05) is 12.5 Å². The van der Waals surface area contributed by atoms with Crippen molar-refractivity contribution in [3.8, 4) is 5.75 Å². The summed E-state index contributed by atoms with van der Waals surface area (Å²) >= 11 is 0. The van der Waals surface area contributed by atoms with Gasteiger partial charge in [-0.05, 0) is 24.6 Å². The van der Waals surface area contributed by atoms with Crippen molar-refractivity contribution in [3.05, 3.63) is 47.4 Å². The van der Waals surface area contributed by atoms with Gasteiger partial charge in [0, 0.05) is 18.2 Å². The Hall–Kier alpha value is -2.14. The van der Waals surface area contributed by atoms with E-state index in [1.54, 1.807) is 13.2 Å². The van der Waals surface area contributed by atoms with Gasteiger partial charge in [0.05, 0.1) is 7.11 Å². The van der Waals surface area contributed by atoms with Gasteiger partial charge in [-0.2, -0.15) is 0 Å². The highest BCUT2D eigenvalue weighted by Crippen LogP contribution is 2.14. The van der Waals surface area contributed by atoms with Crippen LogP contribution in [0, 0.1) is 6.92 Å². The van der Waals surface area contributed by atoms with Crippen LogP contribution in [0.2, 0.25) is 0 Å². The van der Waals surface area contributed by atoms with Crippen molar-refractivity contribution >= 4 is 5.82 Å². The summed E-state index contributed by atoms with van der Waals surface area (Å²) in [4.78, 5) is 8.69. The highest BCUT2D eigenvalue weighted by atomic mass is 16.5. The summed E-state index contributed by atoms with van der Waals surface area (Å²) in [6, 6.07) is 9.65. The number of aryl methyl sites for hydroxylation is 1. The molecule has 0 radical (unpaired) electrons. The predicted octanol–water partition coefficient (Wildman–Crippen LogP) is 1.67. The van der Waals surface area contributed by atoms with Crippen LogP contribution in [-0.4, -0.2) is 17.1 Å². The molecule has 0 aliphatic heterocycles. The lowest BCUT2D eigenvalue weighted by molar-refractivity contribution is 0.414. The molecule has 1 aromatic carbocycles. The molecule has 0 bridgehead atoms. The van der Waals surface area contributed by atoms with E-state index in [0.29, 0.717) is 12.2 Å². The second-order valence-electron chi connectivity index (χ2n) is 3.98. The van der Waals surface area contributed by atoms with E-state index in [-0.39, 0.29) is 0 Å². The fourth-order valence-electron chi connectivity index (χ4n) is 1.71. The van der Waals surface area contributed by atoms with Crippen molar-refractivity contribution in [2.45, 2.75) is 13.3 Å². The lowest BCUT2D eigenvalue weighted by Crippen LogP contribution is -2.11. The van der Waals surface area contributed by atoms with E-state index in [0.717, 1.165) is 22.8 Å². The van der Waals surface area contributed by atoms with Crippen LogP contribution in [0.5, 0.6) is 5.75 Å². The van der Waals surface area contributed by atoms with Crippen LogP contribution in [0.15, 0.2) is 30.3 Å². The van der Waals surface area contributed by atoms with Gasteiger partial charge < -0.3 is 10.2 Å². The molecule has 0 unspecified atom stereocenters. The molecular formula is C13H16N4O. The number of ether oxygens (including phenoxy) is 1. The second kappa shape index (κ2) is 5.46. The molecule has 0 aliphatic carbocycles. The summed E-state index contributed by atoms with van der Waals surface area (Å²) in [5.41, 5.74) is 4.56. The first-order valence-corrected chi connectivity index (χ1v) is 5.65. The van der Waals surface area contributed by atoms with Crippen molar-refractivity contribution in [1.82, 2.24) is 9.97 Å². The maximum Gasteiger partial charge on any atom is 0.143 e. The van der Waals surface area contributed by atoms with Crippen LogP contribution in [0.3, 0.4) is 0 Å². The first kappa shape index (κ1) is 12.3. The molecule has 0 atom stereocenters. The van der Waals surface area contributed by atoms with Crippen LogP contribution < -0.4 is 16.0 Å². The maximum absolute atomic E-state index is 5.36. The molecule has 94 valence electrons. The van der Waals surface area contributed by atoms with Gasteiger partial charge in [0.15, 0.2) is 0 Å². The minimum atomic E-state index is 0.631. The van der Waals surface area contributed by atoms with Crippen molar-refractivity contribution < 1.29 is 4.74 Å². The van der Waals surface area contributed by atoms with E-state index in [9.17, 15) is 0 Å². The topological polar surface area (TPSA) is 73.1 Å². The zero-order valence-electron chi connectivity index (χ0n) is 10.5. The fourth-order valence-corrected chi connectivity index (χ4v) is 1.71. The summed E-state index contributed by atoms with van der Waals surface area (Å²) in [5, 5.41) is 0. The van der Waals surface area contributed by atoms with E-state index in [2.05, 4.69) is 15.4 Å². The molecule has 0 aliphatic rings. The third-order valence-corrected chi connectivity index (χ3v) is 2.57. The van der Waals surface area contributed by atoms with Gasteiger partial charge in [-0.15, -0.1) is 0 Å². The number of aromatic nitrogens is 2. The average Bonchev–Trinajstić information content (AvgIpc) is 2.39. The summed E-state index contributed by atoms with van der Waals surface area (Å²) in [7, 11) is 1.65. The van der Waals surface area contributed by atoms with Crippen LogP contribution in [-0.2, 0) is 6.42 Å². The largest absolute Gasteiger partial charge is 0.497 e. The number of nitrogens with two attached hydrogens (primary N) is 1. The molecule has 0 saturated heterocycles. The number of nitrogens with zero attached hydrogens (tertiary/aromatic N) is 2. The summed E-state index contributed by atoms with van der Waals surface area (Å²) in [6.07, 6.45) is 0.667. The molecule has 0 saturated carbocycles. The number of nitrogens with one attached hydrogen (secondary N) is 1. The minimum Gasteiger partial charge on any atom is -0.497 e. The van der Waals surface area contributed by atoms with Crippen molar-refractivity contribution in [2.24, 2.45) is 5.84 Å². The van der Waals surface area contributed by atoms with Crippen molar-refractivity contribution in [1.29, 1.82) is 0 Å². The Kier molecular flexibility index (Phi) is 3.74. The van der Waals surface area contributed by atoms with E-state index < -0.39 is 0 Å². The van der Waals surface area contributed by atoms with Crippen LogP contribution in [0.25, 0.3) is 0 Å². The zero-order valence-corrected chi connectivity index (χ0v) is 10.5. The Balaban J connectivity index is 2.19. The van der Waals surface area contributed by atoms with E-state index in [4.69, 9.17) is 10.6 Å². The molecule has 1 aromatic heterocycles. The molecule has 0 spiro atoms. The Morgan fingerprint density at radius 2 is 1.94 bits per heavy atom. The normalized spacial score (nSPS) is 10.2. The average molecular weight is 244 g/mol.